The lowest BCUT2D eigenvalue weighted by Gasteiger charge is -2.05. The van der Waals surface area contributed by atoms with E-state index in [4.69, 9.17) is 4.98 Å². The van der Waals surface area contributed by atoms with Crippen LogP contribution in [0.4, 0.5) is 16.6 Å². The van der Waals surface area contributed by atoms with Crippen LogP contribution in [0.15, 0.2) is 72.2 Å². The maximum absolute atomic E-state index is 12.5. The van der Waals surface area contributed by atoms with Gasteiger partial charge in [0.2, 0.25) is 5.91 Å². The lowest BCUT2D eigenvalue weighted by atomic mass is 10.2. The second kappa shape index (κ2) is 8.86. The van der Waals surface area contributed by atoms with Crippen molar-refractivity contribution in [1.29, 1.82) is 0 Å². The van der Waals surface area contributed by atoms with Crippen molar-refractivity contribution in [3.05, 3.63) is 83.5 Å². The van der Waals surface area contributed by atoms with E-state index in [0.717, 1.165) is 27.6 Å². The molecule has 0 aliphatic heterocycles. The molecule has 0 saturated heterocycles. The maximum atomic E-state index is 12.5. The fourth-order valence-electron chi connectivity index (χ4n) is 3.21. The van der Waals surface area contributed by atoms with Crippen LogP contribution in [-0.2, 0) is 11.2 Å². The molecule has 0 atom stereocenters. The Labute approximate surface area is 193 Å². The first-order valence-electron chi connectivity index (χ1n) is 10.0. The Morgan fingerprint density at radius 3 is 2.72 bits per heavy atom. The van der Waals surface area contributed by atoms with Crippen LogP contribution in [-0.4, -0.2) is 20.9 Å². The number of carbonyl (C=O) groups is 1. The lowest BCUT2D eigenvalue weighted by molar-refractivity contribution is -0.115. The zero-order valence-corrected chi connectivity index (χ0v) is 18.8. The van der Waals surface area contributed by atoms with E-state index in [-0.39, 0.29) is 12.3 Å². The number of anilines is 3. The fourth-order valence-corrected chi connectivity index (χ4v) is 5.00. The van der Waals surface area contributed by atoms with Gasteiger partial charge in [-0.2, -0.15) is 0 Å². The molecule has 2 aromatic carbocycles. The highest BCUT2D eigenvalue weighted by molar-refractivity contribution is 7.21. The van der Waals surface area contributed by atoms with Gasteiger partial charge in [0.05, 0.1) is 22.3 Å². The number of nitrogens with one attached hydrogen (secondary N) is 2. The molecular formula is C24H19N5OS2. The molecule has 5 aromatic rings. The van der Waals surface area contributed by atoms with Gasteiger partial charge in [-0.25, -0.2) is 15.0 Å². The Kier molecular flexibility index (Phi) is 5.62. The lowest BCUT2D eigenvalue weighted by Crippen LogP contribution is -2.14. The van der Waals surface area contributed by atoms with Crippen molar-refractivity contribution in [2.24, 2.45) is 0 Å². The van der Waals surface area contributed by atoms with Crippen molar-refractivity contribution < 1.29 is 4.79 Å². The quantitative estimate of drug-likeness (QED) is 0.325. The maximum Gasteiger partial charge on any atom is 0.230 e. The molecule has 0 radical (unpaired) electrons. The van der Waals surface area contributed by atoms with Gasteiger partial charge in [-0.05, 0) is 61.0 Å². The summed E-state index contributed by atoms with van der Waals surface area (Å²) in [6, 6.07) is 19.7. The van der Waals surface area contributed by atoms with E-state index < -0.39 is 0 Å². The van der Waals surface area contributed by atoms with Gasteiger partial charge in [0.15, 0.2) is 5.13 Å². The van der Waals surface area contributed by atoms with Crippen LogP contribution in [0.5, 0.6) is 0 Å². The van der Waals surface area contributed by atoms with Gasteiger partial charge in [-0.15, -0.1) is 22.7 Å². The van der Waals surface area contributed by atoms with Crippen LogP contribution in [0.25, 0.3) is 20.8 Å². The van der Waals surface area contributed by atoms with E-state index in [1.807, 2.05) is 47.8 Å². The minimum Gasteiger partial charge on any atom is -0.326 e. The summed E-state index contributed by atoms with van der Waals surface area (Å²) in [5, 5.41) is 9.64. The van der Waals surface area contributed by atoms with Crippen LogP contribution in [0.2, 0.25) is 0 Å². The van der Waals surface area contributed by atoms with Gasteiger partial charge >= 0.3 is 0 Å². The third-order valence-electron chi connectivity index (χ3n) is 4.75. The monoisotopic (exact) mass is 457 g/mol. The second-order valence-corrected chi connectivity index (χ2v) is 9.17. The Hall–Kier alpha value is -3.62. The summed E-state index contributed by atoms with van der Waals surface area (Å²) < 4.78 is 1.18. The molecule has 0 aliphatic rings. The number of hydrogen-bond donors (Lipinski definition) is 2. The zero-order valence-electron chi connectivity index (χ0n) is 17.2. The molecule has 5 rings (SSSR count). The summed E-state index contributed by atoms with van der Waals surface area (Å²) in [6.45, 7) is 2.08. The number of benzene rings is 2. The minimum absolute atomic E-state index is 0.108. The normalized spacial score (nSPS) is 10.9. The molecule has 2 N–H and O–H groups in total. The highest BCUT2D eigenvalue weighted by Gasteiger charge is 2.10. The van der Waals surface area contributed by atoms with Crippen LogP contribution >= 0.6 is 22.7 Å². The van der Waals surface area contributed by atoms with Gasteiger partial charge in [0.1, 0.15) is 10.8 Å². The smallest absolute Gasteiger partial charge is 0.230 e. The summed E-state index contributed by atoms with van der Waals surface area (Å²) in [4.78, 5) is 25.9. The number of thiazole rings is 2. The average molecular weight is 458 g/mol. The van der Waals surface area contributed by atoms with E-state index in [9.17, 15) is 4.79 Å². The molecule has 3 heterocycles. The van der Waals surface area contributed by atoms with Crippen molar-refractivity contribution in [3.8, 4) is 10.6 Å². The predicted octanol–water partition coefficient (Wildman–Crippen LogP) is 6.05. The van der Waals surface area contributed by atoms with Gasteiger partial charge < -0.3 is 10.6 Å². The molecular weight excluding hydrogens is 438 g/mol. The largest absolute Gasteiger partial charge is 0.326 e. The molecule has 0 bridgehead atoms. The van der Waals surface area contributed by atoms with Crippen molar-refractivity contribution in [1.82, 2.24) is 15.0 Å². The van der Waals surface area contributed by atoms with E-state index in [2.05, 4.69) is 45.7 Å². The molecule has 1 amide bonds. The molecule has 0 fully saturated rings. The molecule has 0 aliphatic carbocycles. The first-order chi connectivity index (χ1) is 15.6. The Morgan fingerprint density at radius 2 is 1.91 bits per heavy atom. The predicted molar refractivity (Wildman–Crippen MR) is 132 cm³/mol. The Balaban J connectivity index is 1.21. The van der Waals surface area contributed by atoms with Crippen LogP contribution in [0, 0.1) is 6.92 Å². The van der Waals surface area contributed by atoms with Gasteiger partial charge in [0, 0.05) is 22.8 Å². The number of aryl methyl sites for hydroxylation is 1. The van der Waals surface area contributed by atoms with E-state index in [1.165, 1.54) is 21.6 Å². The highest BCUT2D eigenvalue weighted by Crippen LogP contribution is 2.31. The number of aromatic nitrogens is 3. The minimum atomic E-state index is -0.108. The summed E-state index contributed by atoms with van der Waals surface area (Å²) in [5.41, 5.74) is 4.73. The Morgan fingerprint density at radius 1 is 1.03 bits per heavy atom. The molecule has 0 spiro atoms. The van der Waals surface area contributed by atoms with Crippen molar-refractivity contribution in [2.75, 3.05) is 10.6 Å². The van der Waals surface area contributed by atoms with Crippen molar-refractivity contribution >= 4 is 55.4 Å². The van der Waals surface area contributed by atoms with Crippen molar-refractivity contribution in [2.45, 2.75) is 13.3 Å². The van der Waals surface area contributed by atoms with Gasteiger partial charge in [0.25, 0.3) is 0 Å². The highest BCUT2D eigenvalue weighted by atomic mass is 32.1. The molecule has 0 unspecified atom stereocenters. The zero-order chi connectivity index (χ0) is 21.9. The molecule has 6 nitrogen and oxygen atoms in total. The first kappa shape index (κ1) is 20.3. The fraction of sp³-hybridized carbons (Fsp3) is 0.0833. The first-order valence-corrected chi connectivity index (χ1v) is 11.7. The SMILES string of the molecule is Cc1ccc2nc(-c3ccc(NC(=O)Cc4csc(Nc5ccccn5)n4)cc3)sc2c1. The standard InChI is InChI=1S/C24H19N5OS2/c1-15-5-10-19-20(12-15)32-23(28-19)16-6-8-17(9-7-16)26-22(30)13-18-14-31-24(27-18)29-21-4-2-3-11-25-21/h2-12,14H,13H2,1H3,(H,26,30)(H,25,27,29). The van der Waals surface area contributed by atoms with Crippen LogP contribution in [0.1, 0.15) is 11.3 Å². The number of carbonyl (C=O) groups excluding carboxylic acids is 1. The van der Waals surface area contributed by atoms with E-state index in [0.29, 0.717) is 10.8 Å². The van der Waals surface area contributed by atoms with Crippen molar-refractivity contribution in [3.63, 3.8) is 0 Å². The number of fused-ring (bicyclic) bond motifs is 1. The topological polar surface area (TPSA) is 79.8 Å². The second-order valence-electron chi connectivity index (χ2n) is 7.28. The summed E-state index contributed by atoms with van der Waals surface area (Å²) in [7, 11) is 0. The Bertz CT molecular complexity index is 1380. The summed E-state index contributed by atoms with van der Waals surface area (Å²) in [5.74, 6) is 0.615. The number of nitrogens with zero attached hydrogens (tertiary/aromatic N) is 3. The third-order valence-corrected chi connectivity index (χ3v) is 6.63. The number of rotatable bonds is 6. The van der Waals surface area contributed by atoms with Gasteiger partial charge in [-0.1, -0.05) is 12.1 Å². The molecule has 8 heteroatoms. The molecule has 158 valence electrons. The number of pyridine rings is 1. The van der Waals surface area contributed by atoms with Crippen LogP contribution in [0.3, 0.4) is 0 Å². The average Bonchev–Trinajstić information content (AvgIpc) is 3.41. The molecule has 0 saturated carbocycles. The number of amides is 1. The van der Waals surface area contributed by atoms with E-state index >= 15 is 0 Å². The number of hydrogen-bond acceptors (Lipinski definition) is 7. The summed E-state index contributed by atoms with van der Waals surface area (Å²) in [6.07, 6.45) is 1.92. The molecule has 3 aromatic heterocycles. The van der Waals surface area contributed by atoms with Gasteiger partial charge in [-0.3, -0.25) is 4.79 Å². The summed E-state index contributed by atoms with van der Waals surface area (Å²) >= 11 is 3.12. The van der Waals surface area contributed by atoms with Crippen LogP contribution < -0.4 is 10.6 Å². The molecule has 32 heavy (non-hydrogen) atoms. The van der Waals surface area contributed by atoms with E-state index in [1.54, 1.807) is 17.5 Å². The third kappa shape index (κ3) is 4.66.